The first-order chi connectivity index (χ1) is 6.60. The summed E-state index contributed by atoms with van der Waals surface area (Å²) in [5, 5.41) is 14.0. The zero-order valence-corrected chi connectivity index (χ0v) is 8.30. The van der Waals surface area contributed by atoms with Crippen LogP contribution in [0, 0.1) is 0 Å². The Balaban J connectivity index is 2.70. The number of carbonyl (C=O) groups is 2. The van der Waals surface area contributed by atoms with Crippen LogP contribution in [0.15, 0.2) is 0 Å². The van der Waals surface area contributed by atoms with Gasteiger partial charge in [-0.2, -0.15) is 0 Å². The van der Waals surface area contributed by atoms with E-state index in [1.54, 1.807) is 0 Å². The van der Waals surface area contributed by atoms with Gasteiger partial charge in [-0.15, -0.1) is 0 Å². The molecule has 1 aliphatic carbocycles. The third kappa shape index (κ3) is 2.16. The van der Waals surface area contributed by atoms with Crippen LogP contribution in [0.1, 0.15) is 32.1 Å². The van der Waals surface area contributed by atoms with Crippen LogP contribution in [-0.4, -0.2) is 29.7 Å². The molecule has 0 saturated heterocycles. The zero-order valence-electron chi connectivity index (χ0n) is 8.30. The molecule has 3 N–H and O–H groups in total. The van der Waals surface area contributed by atoms with Crippen LogP contribution in [0.2, 0.25) is 0 Å². The fourth-order valence-electron chi connectivity index (χ4n) is 1.83. The van der Waals surface area contributed by atoms with Crippen LogP contribution in [0.25, 0.3) is 0 Å². The van der Waals surface area contributed by atoms with Gasteiger partial charge in [-0.1, -0.05) is 19.3 Å². The number of amides is 2. The van der Waals surface area contributed by atoms with Gasteiger partial charge in [0, 0.05) is 7.05 Å². The number of rotatable bonds is 2. The molecule has 0 spiro atoms. The average Bonchev–Trinajstić information content (AvgIpc) is 2.19. The lowest BCUT2D eigenvalue weighted by Gasteiger charge is -2.33. The standard InChI is InChI=1S/C9H16N2O3/c1-10-8(14)11-9(7(12)13)5-3-2-4-6-9/h2-6H2,1H3,(H,12,13)(H2,10,11,14). The van der Waals surface area contributed by atoms with Gasteiger partial charge in [0.1, 0.15) is 5.54 Å². The fourth-order valence-corrected chi connectivity index (χ4v) is 1.83. The molecule has 0 radical (unpaired) electrons. The van der Waals surface area contributed by atoms with Gasteiger partial charge in [0.05, 0.1) is 0 Å². The molecule has 80 valence electrons. The fraction of sp³-hybridized carbons (Fsp3) is 0.778. The summed E-state index contributed by atoms with van der Waals surface area (Å²) < 4.78 is 0. The normalized spacial score (nSPS) is 19.8. The molecule has 5 heteroatoms. The molecule has 0 bridgehead atoms. The summed E-state index contributed by atoms with van der Waals surface area (Å²) in [4.78, 5) is 22.2. The predicted octanol–water partition coefficient (Wildman–Crippen LogP) is 0.703. The van der Waals surface area contributed by atoms with Gasteiger partial charge in [0.25, 0.3) is 0 Å². The molecule has 1 aliphatic rings. The highest BCUT2D eigenvalue weighted by atomic mass is 16.4. The minimum Gasteiger partial charge on any atom is -0.480 e. The smallest absolute Gasteiger partial charge is 0.329 e. The number of hydrogen-bond donors (Lipinski definition) is 3. The SMILES string of the molecule is CNC(=O)NC1(C(=O)O)CCCCC1. The molecule has 1 rings (SSSR count). The highest BCUT2D eigenvalue weighted by Gasteiger charge is 2.40. The molecule has 14 heavy (non-hydrogen) atoms. The molecule has 0 aromatic heterocycles. The Morgan fingerprint density at radius 3 is 2.21 bits per heavy atom. The molecule has 0 heterocycles. The topological polar surface area (TPSA) is 78.4 Å². The lowest BCUT2D eigenvalue weighted by atomic mass is 9.82. The van der Waals surface area contributed by atoms with Crippen LogP contribution in [0.5, 0.6) is 0 Å². The molecular weight excluding hydrogens is 184 g/mol. The van der Waals surface area contributed by atoms with Gasteiger partial charge in [-0.25, -0.2) is 9.59 Å². The number of hydrogen-bond acceptors (Lipinski definition) is 2. The van der Waals surface area contributed by atoms with Gasteiger partial charge in [0.2, 0.25) is 0 Å². The van der Waals surface area contributed by atoms with E-state index in [1.807, 2.05) is 0 Å². The minimum absolute atomic E-state index is 0.422. The summed E-state index contributed by atoms with van der Waals surface area (Å²) in [5.41, 5.74) is -1.04. The quantitative estimate of drug-likeness (QED) is 0.614. The van der Waals surface area contributed by atoms with E-state index in [0.29, 0.717) is 12.8 Å². The van der Waals surface area contributed by atoms with Crippen molar-refractivity contribution in [2.75, 3.05) is 7.05 Å². The van der Waals surface area contributed by atoms with Crippen molar-refractivity contribution in [1.29, 1.82) is 0 Å². The molecule has 0 atom stereocenters. The molecule has 0 aromatic rings. The first-order valence-corrected chi connectivity index (χ1v) is 4.84. The summed E-state index contributed by atoms with van der Waals surface area (Å²) in [5.74, 6) is -0.930. The van der Waals surface area contributed by atoms with E-state index in [-0.39, 0.29) is 0 Å². The maximum Gasteiger partial charge on any atom is 0.329 e. The van der Waals surface area contributed by atoms with Crippen LogP contribution in [-0.2, 0) is 4.79 Å². The summed E-state index contributed by atoms with van der Waals surface area (Å²) >= 11 is 0. The second-order valence-electron chi connectivity index (χ2n) is 3.65. The molecule has 5 nitrogen and oxygen atoms in total. The molecule has 1 saturated carbocycles. The highest BCUT2D eigenvalue weighted by Crippen LogP contribution is 2.28. The summed E-state index contributed by atoms with van der Waals surface area (Å²) in [6.07, 6.45) is 3.81. The number of aliphatic carboxylic acids is 1. The number of nitrogens with one attached hydrogen (secondary N) is 2. The highest BCUT2D eigenvalue weighted by molar-refractivity contribution is 5.86. The van der Waals surface area contributed by atoms with Crippen LogP contribution in [0.4, 0.5) is 4.79 Å². The van der Waals surface area contributed by atoms with E-state index in [0.717, 1.165) is 19.3 Å². The van der Waals surface area contributed by atoms with Crippen molar-refractivity contribution in [1.82, 2.24) is 10.6 Å². The maximum absolute atomic E-state index is 11.1. The molecule has 2 amide bonds. The lowest BCUT2D eigenvalue weighted by Crippen LogP contribution is -2.57. The Morgan fingerprint density at radius 2 is 1.79 bits per heavy atom. The molecule has 0 aromatic carbocycles. The Bertz CT molecular complexity index is 234. The van der Waals surface area contributed by atoms with Crippen molar-refractivity contribution in [3.63, 3.8) is 0 Å². The zero-order chi connectivity index (χ0) is 10.6. The van der Waals surface area contributed by atoms with Crippen molar-refractivity contribution in [2.24, 2.45) is 0 Å². The molecule has 0 unspecified atom stereocenters. The van der Waals surface area contributed by atoms with Gasteiger partial charge < -0.3 is 15.7 Å². The van der Waals surface area contributed by atoms with Gasteiger partial charge in [0.15, 0.2) is 0 Å². The number of urea groups is 1. The summed E-state index contributed by atoms with van der Waals surface area (Å²) in [7, 11) is 1.48. The van der Waals surface area contributed by atoms with Crippen LogP contribution >= 0.6 is 0 Å². The van der Waals surface area contributed by atoms with E-state index >= 15 is 0 Å². The maximum atomic E-state index is 11.1. The Kier molecular flexibility index (Phi) is 3.33. The van der Waals surface area contributed by atoms with Crippen molar-refractivity contribution in [3.8, 4) is 0 Å². The van der Waals surface area contributed by atoms with Crippen molar-refractivity contribution >= 4 is 12.0 Å². The number of carboxylic acids is 1. The van der Waals surface area contributed by atoms with Crippen LogP contribution < -0.4 is 10.6 Å². The Morgan fingerprint density at radius 1 is 1.21 bits per heavy atom. The largest absolute Gasteiger partial charge is 0.480 e. The van der Waals surface area contributed by atoms with Gasteiger partial charge >= 0.3 is 12.0 Å². The third-order valence-corrected chi connectivity index (χ3v) is 2.70. The minimum atomic E-state index is -1.04. The van der Waals surface area contributed by atoms with Crippen LogP contribution in [0.3, 0.4) is 0 Å². The monoisotopic (exact) mass is 200 g/mol. The summed E-state index contributed by atoms with van der Waals surface area (Å²) in [6.45, 7) is 0. The van der Waals surface area contributed by atoms with Gasteiger partial charge in [-0.3, -0.25) is 0 Å². The Labute approximate surface area is 82.9 Å². The van der Waals surface area contributed by atoms with E-state index in [1.165, 1.54) is 7.05 Å². The van der Waals surface area contributed by atoms with E-state index < -0.39 is 17.5 Å². The molecule has 1 fully saturated rings. The Hall–Kier alpha value is -1.26. The van der Waals surface area contributed by atoms with Crippen molar-refractivity contribution in [3.05, 3.63) is 0 Å². The molecule has 0 aliphatic heterocycles. The van der Waals surface area contributed by atoms with E-state index in [4.69, 9.17) is 5.11 Å². The first kappa shape index (κ1) is 10.8. The molecular formula is C9H16N2O3. The van der Waals surface area contributed by atoms with Gasteiger partial charge in [-0.05, 0) is 12.8 Å². The van der Waals surface area contributed by atoms with Crippen molar-refractivity contribution in [2.45, 2.75) is 37.6 Å². The van der Waals surface area contributed by atoms with E-state index in [9.17, 15) is 9.59 Å². The van der Waals surface area contributed by atoms with E-state index in [2.05, 4.69) is 10.6 Å². The predicted molar refractivity (Wildman–Crippen MR) is 51.0 cm³/mol. The third-order valence-electron chi connectivity index (χ3n) is 2.70. The number of carboxylic acid groups (broad SMARTS) is 1. The number of carbonyl (C=O) groups excluding carboxylic acids is 1. The lowest BCUT2D eigenvalue weighted by molar-refractivity contribution is -0.145. The summed E-state index contributed by atoms with van der Waals surface area (Å²) in [6, 6.07) is -0.422. The second-order valence-corrected chi connectivity index (χ2v) is 3.65. The first-order valence-electron chi connectivity index (χ1n) is 4.84. The second kappa shape index (κ2) is 4.30. The average molecular weight is 200 g/mol. The van der Waals surface area contributed by atoms with Crippen molar-refractivity contribution < 1.29 is 14.7 Å².